The Morgan fingerprint density at radius 3 is 2.73 bits per heavy atom. The summed E-state index contributed by atoms with van der Waals surface area (Å²) in [6.45, 7) is 1.94. The van der Waals surface area contributed by atoms with Crippen molar-refractivity contribution < 1.29 is 8.76 Å². The van der Waals surface area contributed by atoms with E-state index in [9.17, 15) is 8.76 Å². The molecule has 0 aromatic heterocycles. The van der Waals surface area contributed by atoms with Crippen LogP contribution in [0.4, 0.5) is 5.69 Å². The second kappa shape index (κ2) is 5.49. The number of anilines is 1. The van der Waals surface area contributed by atoms with Gasteiger partial charge in [0.1, 0.15) is 0 Å². The third-order valence-corrected chi connectivity index (χ3v) is 3.23. The third-order valence-electron chi connectivity index (χ3n) is 2.32. The molecule has 0 spiro atoms. The number of benzene rings is 1. The number of nitrogen functional groups attached to an aromatic ring is 1. The summed E-state index contributed by atoms with van der Waals surface area (Å²) in [6.07, 6.45) is 0.736. The topological polar surface area (TPSA) is 66.1 Å². The van der Waals surface area contributed by atoms with Crippen molar-refractivity contribution in [1.29, 1.82) is 0 Å². The molecule has 0 aliphatic rings. The molecule has 0 amide bonds. The Labute approximate surface area is 96.9 Å². The van der Waals surface area contributed by atoms with Crippen LogP contribution in [0.3, 0.4) is 0 Å². The Morgan fingerprint density at radius 2 is 2.27 bits per heavy atom. The molecular weight excluding hydrogens is 234 g/mol. The van der Waals surface area contributed by atoms with Crippen molar-refractivity contribution in [1.82, 2.24) is 0 Å². The quantitative estimate of drug-likeness (QED) is 0.655. The minimum Gasteiger partial charge on any atom is -0.772 e. The van der Waals surface area contributed by atoms with E-state index in [-0.39, 0.29) is 11.7 Å². The molecule has 15 heavy (non-hydrogen) atoms. The highest BCUT2D eigenvalue weighted by Crippen LogP contribution is 2.28. The minimum absolute atomic E-state index is 0.0550. The molecule has 1 aromatic rings. The summed E-state index contributed by atoms with van der Waals surface area (Å²) in [4.78, 5) is 0. The van der Waals surface area contributed by atoms with E-state index in [0.717, 1.165) is 12.0 Å². The molecule has 1 rings (SSSR count). The molecule has 2 atom stereocenters. The normalized spacial score (nSPS) is 14.9. The standard InChI is InChI=1S/C10H14ClNO2S/c1-2-7(6-15(13)14)9-4-3-8(11)5-10(9)12/h3-5,7H,2,6,12H2,1H3,(H,13,14)/p-1. The monoisotopic (exact) mass is 246 g/mol. The van der Waals surface area contributed by atoms with E-state index in [0.29, 0.717) is 10.7 Å². The molecule has 0 saturated heterocycles. The molecule has 0 aliphatic heterocycles. The first-order valence-corrected chi connectivity index (χ1v) is 6.27. The second-order valence-electron chi connectivity index (χ2n) is 3.35. The average Bonchev–Trinajstić information content (AvgIpc) is 2.14. The van der Waals surface area contributed by atoms with Crippen molar-refractivity contribution in [2.24, 2.45) is 0 Å². The van der Waals surface area contributed by atoms with Crippen LogP contribution < -0.4 is 5.73 Å². The molecule has 0 fully saturated rings. The molecule has 0 saturated carbocycles. The first-order valence-electron chi connectivity index (χ1n) is 4.65. The van der Waals surface area contributed by atoms with Gasteiger partial charge in [-0.3, -0.25) is 4.21 Å². The van der Waals surface area contributed by atoms with Crippen LogP contribution >= 0.6 is 11.6 Å². The lowest BCUT2D eigenvalue weighted by molar-refractivity contribution is 0.529. The Hall–Kier alpha value is -0.580. The molecule has 0 radical (unpaired) electrons. The van der Waals surface area contributed by atoms with Crippen molar-refractivity contribution in [2.75, 3.05) is 11.5 Å². The van der Waals surface area contributed by atoms with E-state index < -0.39 is 11.1 Å². The number of halogens is 1. The van der Waals surface area contributed by atoms with Crippen molar-refractivity contribution >= 4 is 28.4 Å². The molecule has 2 unspecified atom stereocenters. The van der Waals surface area contributed by atoms with Gasteiger partial charge in [-0.1, -0.05) is 35.7 Å². The first kappa shape index (κ1) is 12.5. The Balaban J connectivity index is 2.96. The van der Waals surface area contributed by atoms with Gasteiger partial charge in [-0.05, 0) is 30.0 Å². The summed E-state index contributed by atoms with van der Waals surface area (Å²) in [7, 11) is 0. The fraction of sp³-hybridized carbons (Fsp3) is 0.400. The summed E-state index contributed by atoms with van der Waals surface area (Å²) in [5.41, 5.74) is 7.20. The van der Waals surface area contributed by atoms with E-state index in [1.165, 1.54) is 0 Å². The van der Waals surface area contributed by atoms with Gasteiger partial charge in [0.2, 0.25) is 0 Å². The maximum atomic E-state index is 10.7. The van der Waals surface area contributed by atoms with Crippen LogP contribution in [0.5, 0.6) is 0 Å². The number of hydrogen-bond acceptors (Lipinski definition) is 3. The van der Waals surface area contributed by atoms with Crippen molar-refractivity contribution in [3.8, 4) is 0 Å². The first-order chi connectivity index (χ1) is 7.04. The van der Waals surface area contributed by atoms with Crippen LogP contribution in [0.25, 0.3) is 0 Å². The zero-order chi connectivity index (χ0) is 11.4. The van der Waals surface area contributed by atoms with Gasteiger partial charge in [-0.25, -0.2) is 0 Å². The molecule has 0 bridgehead atoms. The summed E-state index contributed by atoms with van der Waals surface area (Å²) in [6, 6.07) is 5.16. The van der Waals surface area contributed by atoms with E-state index in [4.69, 9.17) is 17.3 Å². The molecule has 5 heteroatoms. The highest BCUT2D eigenvalue weighted by Gasteiger charge is 2.12. The fourth-order valence-electron chi connectivity index (χ4n) is 1.51. The fourth-order valence-corrected chi connectivity index (χ4v) is 2.43. The molecular formula is C10H13ClNO2S-. The van der Waals surface area contributed by atoms with E-state index in [1.54, 1.807) is 18.2 Å². The SMILES string of the molecule is CCC(CS(=O)[O-])c1ccc(Cl)cc1N. The molecule has 1 aromatic carbocycles. The van der Waals surface area contributed by atoms with E-state index in [1.807, 2.05) is 6.92 Å². The van der Waals surface area contributed by atoms with Gasteiger partial charge in [0.05, 0.1) is 0 Å². The average molecular weight is 247 g/mol. The lowest BCUT2D eigenvalue weighted by Crippen LogP contribution is -2.10. The van der Waals surface area contributed by atoms with Gasteiger partial charge in [0, 0.05) is 16.5 Å². The van der Waals surface area contributed by atoms with Gasteiger partial charge >= 0.3 is 0 Å². The highest BCUT2D eigenvalue weighted by atomic mass is 35.5. The Morgan fingerprint density at radius 1 is 1.60 bits per heavy atom. The predicted octanol–water partition coefficient (Wildman–Crippen LogP) is 2.29. The highest BCUT2D eigenvalue weighted by molar-refractivity contribution is 7.79. The van der Waals surface area contributed by atoms with Crippen molar-refractivity contribution in [2.45, 2.75) is 19.3 Å². The smallest absolute Gasteiger partial charge is 0.0426 e. The van der Waals surface area contributed by atoms with Crippen LogP contribution in [0.1, 0.15) is 24.8 Å². The van der Waals surface area contributed by atoms with Gasteiger partial charge in [0.25, 0.3) is 0 Å². The number of rotatable bonds is 4. The van der Waals surface area contributed by atoms with Gasteiger partial charge < -0.3 is 10.3 Å². The van der Waals surface area contributed by atoms with Crippen molar-refractivity contribution in [3.05, 3.63) is 28.8 Å². The Kier molecular flexibility index (Phi) is 4.57. The Bertz CT molecular complexity index is 370. The number of hydrogen-bond donors (Lipinski definition) is 1. The van der Waals surface area contributed by atoms with Crippen molar-refractivity contribution in [3.63, 3.8) is 0 Å². The summed E-state index contributed by atoms with van der Waals surface area (Å²) in [5, 5.41) is 0.564. The largest absolute Gasteiger partial charge is 0.772 e. The zero-order valence-electron chi connectivity index (χ0n) is 8.40. The molecule has 3 nitrogen and oxygen atoms in total. The van der Waals surface area contributed by atoms with Crippen LogP contribution in [0, 0.1) is 0 Å². The molecule has 2 N–H and O–H groups in total. The predicted molar refractivity (Wildman–Crippen MR) is 62.7 cm³/mol. The van der Waals surface area contributed by atoms with Crippen LogP contribution in [-0.2, 0) is 11.1 Å². The second-order valence-corrected chi connectivity index (χ2v) is 4.73. The van der Waals surface area contributed by atoms with Gasteiger partial charge in [-0.15, -0.1) is 0 Å². The summed E-state index contributed by atoms with van der Waals surface area (Å²) in [5.74, 6) is 0.0445. The lowest BCUT2D eigenvalue weighted by Gasteiger charge is -2.18. The molecule has 0 heterocycles. The lowest BCUT2D eigenvalue weighted by atomic mass is 9.97. The van der Waals surface area contributed by atoms with Gasteiger partial charge in [0.15, 0.2) is 0 Å². The van der Waals surface area contributed by atoms with Crippen LogP contribution in [0.15, 0.2) is 18.2 Å². The summed E-state index contributed by atoms with van der Waals surface area (Å²) < 4.78 is 21.3. The minimum atomic E-state index is -2.05. The van der Waals surface area contributed by atoms with Crippen LogP contribution in [-0.4, -0.2) is 14.5 Å². The maximum absolute atomic E-state index is 10.7. The number of nitrogens with two attached hydrogens (primary N) is 1. The molecule has 0 aliphatic carbocycles. The maximum Gasteiger partial charge on any atom is 0.0426 e. The van der Waals surface area contributed by atoms with Gasteiger partial charge in [-0.2, -0.15) is 0 Å². The van der Waals surface area contributed by atoms with E-state index in [2.05, 4.69) is 0 Å². The summed E-state index contributed by atoms with van der Waals surface area (Å²) >= 11 is 3.72. The zero-order valence-corrected chi connectivity index (χ0v) is 9.98. The molecule has 84 valence electrons. The van der Waals surface area contributed by atoms with E-state index >= 15 is 0 Å². The van der Waals surface area contributed by atoms with Crippen LogP contribution in [0.2, 0.25) is 5.02 Å². The third kappa shape index (κ3) is 3.48.